The second kappa shape index (κ2) is 6.43. The summed E-state index contributed by atoms with van der Waals surface area (Å²) >= 11 is 0. The molecule has 0 bridgehead atoms. The minimum atomic E-state index is -0.383. The summed E-state index contributed by atoms with van der Waals surface area (Å²) < 4.78 is 1.78. The Labute approximate surface area is 117 Å². The lowest BCUT2D eigenvalue weighted by atomic mass is 10.1. The van der Waals surface area contributed by atoms with Crippen molar-refractivity contribution < 1.29 is 14.2 Å². The molecule has 0 spiro atoms. The summed E-state index contributed by atoms with van der Waals surface area (Å²) in [5.74, 6) is -0.383. The van der Waals surface area contributed by atoms with Gasteiger partial charge in [0.2, 0.25) is 12.2 Å². The van der Waals surface area contributed by atoms with E-state index in [9.17, 15) is 9.59 Å². The summed E-state index contributed by atoms with van der Waals surface area (Å²) in [5, 5.41) is 0. The molecule has 0 radical (unpaired) electrons. The molecule has 0 atom stereocenters. The van der Waals surface area contributed by atoms with E-state index in [1.54, 1.807) is 22.9 Å². The maximum absolute atomic E-state index is 11.0. The molecule has 0 aliphatic rings. The lowest BCUT2D eigenvalue weighted by Gasteiger charge is -1.98. The molecule has 0 fully saturated rings. The highest BCUT2D eigenvalue weighted by Crippen LogP contribution is 2.07. The van der Waals surface area contributed by atoms with Crippen LogP contribution in [0.2, 0.25) is 0 Å². The molecule has 0 aliphatic carbocycles. The molecule has 0 unspecified atom stereocenters. The Morgan fingerprint density at radius 2 is 1.75 bits per heavy atom. The van der Waals surface area contributed by atoms with Crippen molar-refractivity contribution >= 4 is 24.3 Å². The summed E-state index contributed by atoms with van der Waals surface area (Å²) in [4.78, 5) is 21.6. The molecule has 1 aromatic carbocycles. The van der Waals surface area contributed by atoms with Gasteiger partial charge in [0.05, 0.1) is 0 Å². The Kier molecular flexibility index (Phi) is 4.39. The topological polar surface area (TPSA) is 64.0 Å². The van der Waals surface area contributed by atoms with E-state index in [1.165, 1.54) is 0 Å². The van der Waals surface area contributed by atoms with Crippen molar-refractivity contribution in [1.82, 2.24) is 0 Å². The first-order valence-electron chi connectivity index (χ1n) is 6.19. The molecule has 4 nitrogen and oxygen atoms in total. The first-order valence-corrected chi connectivity index (χ1v) is 6.19. The van der Waals surface area contributed by atoms with Gasteiger partial charge in [0, 0.05) is 23.8 Å². The number of carbonyl (C=O) groups is 2. The van der Waals surface area contributed by atoms with Crippen molar-refractivity contribution in [2.75, 3.05) is 0 Å². The zero-order valence-electron chi connectivity index (χ0n) is 10.9. The standard InChI is InChI=1S/C16H14N2O2/c17-16(20)11-18-10-2-1-3-15(18)9-8-13-4-6-14(12-19)7-5-13/h1-10,12H,11H2,(H-,17,20)/p+1. The lowest BCUT2D eigenvalue weighted by Crippen LogP contribution is -2.42. The number of carbonyl (C=O) groups excluding carboxylic acids is 2. The number of rotatable bonds is 5. The highest BCUT2D eigenvalue weighted by atomic mass is 16.1. The first-order chi connectivity index (χ1) is 9.69. The number of nitrogens with zero attached hydrogens (tertiary/aromatic N) is 1. The third kappa shape index (κ3) is 3.62. The summed E-state index contributed by atoms with van der Waals surface area (Å²) in [6, 6.07) is 12.9. The number of hydrogen-bond donors (Lipinski definition) is 1. The van der Waals surface area contributed by atoms with Crippen LogP contribution in [-0.2, 0) is 11.3 Å². The fourth-order valence-electron chi connectivity index (χ4n) is 1.82. The largest absolute Gasteiger partial charge is 0.364 e. The lowest BCUT2D eigenvalue weighted by molar-refractivity contribution is -0.686. The van der Waals surface area contributed by atoms with Crippen molar-refractivity contribution in [2.24, 2.45) is 5.73 Å². The van der Waals surface area contributed by atoms with Crippen molar-refractivity contribution in [3.63, 3.8) is 0 Å². The molecule has 2 rings (SSSR count). The van der Waals surface area contributed by atoms with Crippen LogP contribution in [0, 0.1) is 0 Å². The number of benzene rings is 1. The maximum Gasteiger partial charge on any atom is 0.283 e. The van der Waals surface area contributed by atoms with Gasteiger partial charge in [-0.1, -0.05) is 24.3 Å². The van der Waals surface area contributed by atoms with Crippen molar-refractivity contribution in [3.05, 3.63) is 65.5 Å². The average molecular weight is 267 g/mol. The Morgan fingerprint density at radius 1 is 1.05 bits per heavy atom. The monoisotopic (exact) mass is 267 g/mol. The van der Waals surface area contributed by atoms with E-state index in [4.69, 9.17) is 5.73 Å². The van der Waals surface area contributed by atoms with E-state index in [1.807, 2.05) is 42.5 Å². The van der Waals surface area contributed by atoms with Gasteiger partial charge in [-0.15, -0.1) is 0 Å². The second-order valence-electron chi connectivity index (χ2n) is 4.34. The van der Waals surface area contributed by atoms with Crippen LogP contribution in [0.15, 0.2) is 48.7 Å². The molecule has 2 aromatic rings. The van der Waals surface area contributed by atoms with Crippen LogP contribution < -0.4 is 10.3 Å². The Hall–Kier alpha value is -2.75. The minimum Gasteiger partial charge on any atom is -0.364 e. The van der Waals surface area contributed by atoms with Gasteiger partial charge < -0.3 is 5.73 Å². The summed E-state index contributed by atoms with van der Waals surface area (Å²) in [5.41, 5.74) is 7.72. The molecule has 100 valence electrons. The predicted octanol–water partition coefficient (Wildman–Crippen LogP) is 1.44. The molecule has 1 amide bonds. The third-order valence-electron chi connectivity index (χ3n) is 2.82. The van der Waals surface area contributed by atoms with Crippen molar-refractivity contribution in [1.29, 1.82) is 0 Å². The van der Waals surface area contributed by atoms with Gasteiger partial charge in [-0.05, 0) is 17.7 Å². The van der Waals surface area contributed by atoms with Crippen LogP contribution in [0.25, 0.3) is 12.2 Å². The fourth-order valence-corrected chi connectivity index (χ4v) is 1.82. The highest BCUT2D eigenvalue weighted by molar-refractivity contribution is 5.76. The number of amides is 1. The molecule has 0 aliphatic heterocycles. The van der Waals surface area contributed by atoms with Crippen LogP contribution in [0.5, 0.6) is 0 Å². The molecule has 1 heterocycles. The number of aldehydes is 1. The fraction of sp³-hybridized carbons (Fsp3) is 0.0625. The Balaban J connectivity index is 2.21. The van der Waals surface area contributed by atoms with E-state index in [0.717, 1.165) is 17.5 Å². The average Bonchev–Trinajstić information content (AvgIpc) is 2.46. The van der Waals surface area contributed by atoms with E-state index in [0.29, 0.717) is 5.56 Å². The predicted molar refractivity (Wildman–Crippen MR) is 76.6 cm³/mol. The maximum atomic E-state index is 11.0. The number of pyridine rings is 1. The quantitative estimate of drug-likeness (QED) is 0.658. The van der Waals surface area contributed by atoms with Crippen LogP contribution in [0.1, 0.15) is 21.6 Å². The third-order valence-corrected chi connectivity index (χ3v) is 2.82. The van der Waals surface area contributed by atoms with Crippen molar-refractivity contribution in [2.45, 2.75) is 6.54 Å². The Morgan fingerprint density at radius 3 is 2.40 bits per heavy atom. The minimum absolute atomic E-state index is 0.143. The molecule has 0 saturated heterocycles. The van der Waals surface area contributed by atoms with E-state index in [-0.39, 0.29) is 12.5 Å². The number of nitrogens with two attached hydrogens (primary N) is 1. The van der Waals surface area contributed by atoms with Gasteiger partial charge in [0.1, 0.15) is 6.29 Å². The molecule has 1 aromatic heterocycles. The molecule has 2 N–H and O–H groups in total. The van der Waals surface area contributed by atoms with Gasteiger partial charge >= 0.3 is 0 Å². The van der Waals surface area contributed by atoms with Crippen LogP contribution in [-0.4, -0.2) is 12.2 Å². The van der Waals surface area contributed by atoms with Gasteiger partial charge in [0.15, 0.2) is 6.20 Å². The van der Waals surface area contributed by atoms with Crippen molar-refractivity contribution in [3.8, 4) is 0 Å². The zero-order valence-corrected chi connectivity index (χ0v) is 10.9. The van der Waals surface area contributed by atoms with Crippen LogP contribution in [0.4, 0.5) is 0 Å². The Bertz CT molecular complexity index is 646. The van der Waals surface area contributed by atoms with Gasteiger partial charge in [-0.2, -0.15) is 4.57 Å². The first kappa shape index (κ1) is 13.7. The SMILES string of the molecule is NC(=O)C[n+]1ccccc1C=Cc1ccc(C=O)cc1. The second-order valence-corrected chi connectivity index (χ2v) is 4.34. The zero-order chi connectivity index (χ0) is 14.4. The molecule has 0 saturated carbocycles. The molecular formula is C16H15N2O2+. The molecule has 4 heteroatoms. The van der Waals surface area contributed by atoms with E-state index in [2.05, 4.69) is 0 Å². The van der Waals surface area contributed by atoms with Gasteiger partial charge in [-0.25, -0.2) is 0 Å². The summed E-state index contributed by atoms with van der Waals surface area (Å²) in [6.45, 7) is 0.143. The van der Waals surface area contributed by atoms with Gasteiger partial charge in [-0.3, -0.25) is 9.59 Å². The van der Waals surface area contributed by atoms with E-state index < -0.39 is 0 Å². The summed E-state index contributed by atoms with van der Waals surface area (Å²) in [6.07, 6.45) is 6.44. The smallest absolute Gasteiger partial charge is 0.283 e. The summed E-state index contributed by atoms with van der Waals surface area (Å²) in [7, 11) is 0. The number of hydrogen-bond acceptors (Lipinski definition) is 2. The van der Waals surface area contributed by atoms with Gasteiger partial charge in [0.25, 0.3) is 5.91 Å². The molecule has 20 heavy (non-hydrogen) atoms. The highest BCUT2D eigenvalue weighted by Gasteiger charge is 2.09. The number of aromatic nitrogens is 1. The van der Waals surface area contributed by atoms with Crippen LogP contribution >= 0.6 is 0 Å². The normalized spacial score (nSPS) is 10.6. The van der Waals surface area contributed by atoms with Crippen LogP contribution in [0.3, 0.4) is 0 Å². The van der Waals surface area contributed by atoms with E-state index >= 15 is 0 Å². The molecular weight excluding hydrogens is 252 g/mol. The number of primary amides is 1.